The molecule has 2 heterocycles. The van der Waals surface area contributed by atoms with Gasteiger partial charge in [0.15, 0.2) is 11.5 Å². The van der Waals surface area contributed by atoms with Gasteiger partial charge in [-0.25, -0.2) is 4.79 Å². The number of nitrogens with zero attached hydrogens (tertiary/aromatic N) is 2. The highest BCUT2D eigenvalue weighted by Crippen LogP contribution is 2.42. The maximum Gasteiger partial charge on any atom is 0.332 e. The average molecular weight is 361 g/mol. The number of phenols is 1. The molecule has 3 rings (SSSR count). The van der Waals surface area contributed by atoms with Crippen molar-refractivity contribution in [2.24, 2.45) is 14.1 Å². The van der Waals surface area contributed by atoms with Crippen molar-refractivity contribution in [1.29, 1.82) is 0 Å². The van der Waals surface area contributed by atoms with Crippen molar-refractivity contribution in [2.75, 3.05) is 19.5 Å². The number of benzene rings is 1. The molecule has 138 valence electrons. The summed E-state index contributed by atoms with van der Waals surface area (Å²) < 4.78 is 12.6. The summed E-state index contributed by atoms with van der Waals surface area (Å²) in [5, 5.41) is 12.7. The number of nitrogens with one attached hydrogen (secondary N) is 1. The molecular formula is C17H19N3O6. The molecule has 2 N–H and O–H groups in total. The van der Waals surface area contributed by atoms with E-state index in [0.29, 0.717) is 11.1 Å². The molecule has 0 fully saturated rings. The Balaban J connectivity index is 2.32. The third kappa shape index (κ3) is 2.52. The maximum absolute atomic E-state index is 12.7. The number of carbonyl (C=O) groups is 1. The number of amides is 1. The molecule has 1 aliphatic heterocycles. The lowest BCUT2D eigenvalue weighted by atomic mass is 9.86. The van der Waals surface area contributed by atoms with Gasteiger partial charge in [-0.3, -0.25) is 18.7 Å². The number of anilines is 1. The molecule has 26 heavy (non-hydrogen) atoms. The summed E-state index contributed by atoms with van der Waals surface area (Å²) >= 11 is 0. The number of ether oxygens (including phenoxy) is 2. The summed E-state index contributed by atoms with van der Waals surface area (Å²) in [7, 11) is 5.66. The molecule has 1 amide bonds. The zero-order chi connectivity index (χ0) is 19.2. The molecule has 2 aromatic rings. The zero-order valence-corrected chi connectivity index (χ0v) is 14.8. The molecule has 0 saturated carbocycles. The van der Waals surface area contributed by atoms with Crippen molar-refractivity contribution in [2.45, 2.75) is 12.3 Å². The summed E-state index contributed by atoms with van der Waals surface area (Å²) in [6.07, 6.45) is 0.0114. The van der Waals surface area contributed by atoms with Gasteiger partial charge >= 0.3 is 5.69 Å². The predicted octanol–water partition coefficient (Wildman–Crippen LogP) is 0.281. The smallest absolute Gasteiger partial charge is 0.332 e. The highest BCUT2D eigenvalue weighted by atomic mass is 16.5. The number of methoxy groups -OCH3 is 2. The first kappa shape index (κ1) is 17.6. The van der Waals surface area contributed by atoms with Gasteiger partial charge in [-0.15, -0.1) is 0 Å². The molecule has 9 heteroatoms. The van der Waals surface area contributed by atoms with E-state index in [9.17, 15) is 19.5 Å². The van der Waals surface area contributed by atoms with Gasteiger partial charge in [0.2, 0.25) is 11.7 Å². The Bertz CT molecular complexity index is 995. The Labute approximate surface area is 148 Å². The Hall–Kier alpha value is -3.23. The number of rotatable bonds is 3. The maximum atomic E-state index is 12.7. The SMILES string of the molecule is COc1cc([C@H]2CC(=O)Nc3c2c(=O)n(C)c(=O)n3C)cc(OC)c1O. The third-order valence-corrected chi connectivity index (χ3v) is 4.60. The van der Waals surface area contributed by atoms with E-state index in [1.54, 1.807) is 12.1 Å². The highest BCUT2D eigenvalue weighted by Gasteiger charge is 2.33. The van der Waals surface area contributed by atoms with Crippen LogP contribution in [-0.2, 0) is 18.9 Å². The fourth-order valence-corrected chi connectivity index (χ4v) is 3.21. The largest absolute Gasteiger partial charge is 0.502 e. The number of aromatic hydroxyl groups is 1. The number of carbonyl (C=O) groups excluding carboxylic acids is 1. The van der Waals surface area contributed by atoms with Crippen LogP contribution in [0.2, 0.25) is 0 Å². The van der Waals surface area contributed by atoms with Gasteiger partial charge in [0.05, 0.1) is 19.8 Å². The summed E-state index contributed by atoms with van der Waals surface area (Å²) in [5.41, 5.74) is -0.165. The second kappa shape index (κ2) is 6.25. The molecule has 0 bridgehead atoms. The van der Waals surface area contributed by atoms with E-state index in [1.165, 1.54) is 32.9 Å². The van der Waals surface area contributed by atoms with E-state index in [4.69, 9.17) is 9.47 Å². The van der Waals surface area contributed by atoms with Gasteiger partial charge in [0.25, 0.3) is 5.56 Å². The van der Waals surface area contributed by atoms with Crippen LogP contribution in [0.1, 0.15) is 23.5 Å². The van der Waals surface area contributed by atoms with E-state index in [0.717, 1.165) is 4.57 Å². The summed E-state index contributed by atoms with van der Waals surface area (Å²) in [6, 6.07) is 3.10. The Morgan fingerprint density at radius 1 is 1.08 bits per heavy atom. The van der Waals surface area contributed by atoms with Crippen LogP contribution < -0.4 is 26.0 Å². The molecule has 1 aliphatic rings. The molecule has 1 aromatic carbocycles. The molecule has 0 spiro atoms. The lowest BCUT2D eigenvalue weighted by Crippen LogP contribution is -2.44. The van der Waals surface area contributed by atoms with E-state index < -0.39 is 17.2 Å². The zero-order valence-electron chi connectivity index (χ0n) is 14.8. The molecule has 9 nitrogen and oxygen atoms in total. The Morgan fingerprint density at radius 2 is 1.65 bits per heavy atom. The monoisotopic (exact) mass is 361 g/mol. The third-order valence-electron chi connectivity index (χ3n) is 4.60. The van der Waals surface area contributed by atoms with E-state index in [1.807, 2.05) is 0 Å². The van der Waals surface area contributed by atoms with Crippen molar-refractivity contribution in [3.8, 4) is 17.2 Å². The van der Waals surface area contributed by atoms with Crippen LogP contribution in [0.4, 0.5) is 5.82 Å². The average Bonchev–Trinajstić information content (AvgIpc) is 2.64. The first-order chi connectivity index (χ1) is 12.3. The molecular weight excluding hydrogens is 342 g/mol. The van der Waals surface area contributed by atoms with Gasteiger partial charge in [-0.2, -0.15) is 0 Å². The van der Waals surface area contributed by atoms with Crippen LogP contribution in [0.25, 0.3) is 0 Å². The number of aromatic nitrogens is 2. The second-order valence-electron chi connectivity index (χ2n) is 6.05. The molecule has 0 aliphatic carbocycles. The van der Waals surface area contributed by atoms with Gasteiger partial charge in [-0.05, 0) is 17.7 Å². The van der Waals surface area contributed by atoms with Crippen LogP contribution >= 0.6 is 0 Å². The number of phenolic OH excluding ortho intramolecular Hbond substituents is 1. The van der Waals surface area contributed by atoms with Crippen LogP contribution in [0.3, 0.4) is 0 Å². The summed E-state index contributed by atoms with van der Waals surface area (Å²) in [4.78, 5) is 37.1. The van der Waals surface area contributed by atoms with Crippen LogP contribution in [0, 0.1) is 0 Å². The lowest BCUT2D eigenvalue weighted by molar-refractivity contribution is -0.116. The Morgan fingerprint density at radius 3 is 2.19 bits per heavy atom. The van der Waals surface area contributed by atoms with Gasteiger partial charge in [0, 0.05) is 26.4 Å². The van der Waals surface area contributed by atoms with Crippen molar-refractivity contribution in [1.82, 2.24) is 9.13 Å². The van der Waals surface area contributed by atoms with Gasteiger partial charge in [-0.1, -0.05) is 0 Å². The Kier molecular flexibility index (Phi) is 4.23. The standard InChI is InChI=1S/C17H19N3O6/c1-19-15-13(16(23)20(2)17(19)24)9(7-12(21)18-15)8-5-10(25-3)14(22)11(6-8)26-4/h5-6,9,22H,7H2,1-4H3,(H,18,21)/t9-/m1/s1. The minimum atomic E-state index is -0.618. The van der Waals surface area contributed by atoms with Gasteiger partial charge < -0.3 is 19.9 Å². The quantitative estimate of drug-likeness (QED) is 0.812. The van der Waals surface area contributed by atoms with E-state index in [2.05, 4.69) is 5.32 Å². The van der Waals surface area contributed by atoms with Crippen molar-refractivity contribution in [3.05, 3.63) is 44.1 Å². The molecule has 1 atom stereocenters. The fourth-order valence-electron chi connectivity index (χ4n) is 3.21. The molecule has 0 saturated heterocycles. The van der Waals surface area contributed by atoms with E-state index in [-0.39, 0.29) is 35.4 Å². The van der Waals surface area contributed by atoms with Crippen molar-refractivity contribution < 1.29 is 19.4 Å². The van der Waals surface area contributed by atoms with Crippen molar-refractivity contribution in [3.63, 3.8) is 0 Å². The van der Waals surface area contributed by atoms with E-state index >= 15 is 0 Å². The summed E-state index contributed by atoms with van der Waals surface area (Å²) in [6.45, 7) is 0. The van der Waals surface area contributed by atoms with Crippen LogP contribution in [0.15, 0.2) is 21.7 Å². The molecule has 0 radical (unpaired) electrons. The van der Waals surface area contributed by atoms with Gasteiger partial charge in [0.1, 0.15) is 5.82 Å². The fraction of sp³-hybridized carbons (Fsp3) is 0.353. The lowest BCUT2D eigenvalue weighted by Gasteiger charge is -2.27. The normalized spacial score (nSPS) is 16.0. The first-order valence-corrected chi connectivity index (χ1v) is 7.84. The topological polar surface area (TPSA) is 112 Å². The second-order valence-corrected chi connectivity index (χ2v) is 6.05. The minimum Gasteiger partial charge on any atom is -0.502 e. The van der Waals surface area contributed by atoms with Crippen LogP contribution in [-0.4, -0.2) is 34.4 Å². The number of hydrogen-bond acceptors (Lipinski definition) is 6. The first-order valence-electron chi connectivity index (χ1n) is 7.84. The highest BCUT2D eigenvalue weighted by molar-refractivity contribution is 5.94. The number of hydrogen-bond donors (Lipinski definition) is 2. The van der Waals surface area contributed by atoms with Crippen LogP contribution in [0.5, 0.6) is 17.2 Å². The predicted molar refractivity (Wildman–Crippen MR) is 93.2 cm³/mol. The molecule has 1 aromatic heterocycles. The van der Waals surface area contributed by atoms with Crippen molar-refractivity contribution >= 4 is 11.7 Å². The summed E-state index contributed by atoms with van der Waals surface area (Å²) in [5.74, 6) is -0.621. The molecule has 0 unspecified atom stereocenters. The minimum absolute atomic E-state index is 0.0114. The number of fused-ring (bicyclic) bond motifs is 1.